The van der Waals surface area contributed by atoms with E-state index in [-0.39, 0.29) is 0 Å². The van der Waals surface area contributed by atoms with Gasteiger partial charge in [0.1, 0.15) is 5.75 Å². The SMILES string of the molecule is COc1ccc(CC(O)c2cccc(C)c2Cl)cc1. The molecule has 0 heterocycles. The molecule has 100 valence electrons. The van der Waals surface area contributed by atoms with Crippen LogP contribution in [0.1, 0.15) is 22.8 Å². The highest BCUT2D eigenvalue weighted by Gasteiger charge is 2.13. The second-order valence-corrected chi connectivity index (χ2v) is 4.92. The number of benzene rings is 2. The van der Waals surface area contributed by atoms with Gasteiger partial charge in [-0.25, -0.2) is 0 Å². The first-order chi connectivity index (χ1) is 9.11. The topological polar surface area (TPSA) is 29.5 Å². The summed E-state index contributed by atoms with van der Waals surface area (Å²) in [5, 5.41) is 10.9. The van der Waals surface area contributed by atoms with Crippen molar-refractivity contribution in [3.8, 4) is 5.75 Å². The average Bonchev–Trinajstić information content (AvgIpc) is 2.42. The van der Waals surface area contributed by atoms with Crippen molar-refractivity contribution < 1.29 is 9.84 Å². The summed E-state index contributed by atoms with van der Waals surface area (Å²) >= 11 is 6.22. The van der Waals surface area contributed by atoms with Gasteiger partial charge in [-0.05, 0) is 35.7 Å². The van der Waals surface area contributed by atoms with Gasteiger partial charge in [-0.2, -0.15) is 0 Å². The highest BCUT2D eigenvalue weighted by atomic mass is 35.5. The van der Waals surface area contributed by atoms with E-state index >= 15 is 0 Å². The summed E-state index contributed by atoms with van der Waals surface area (Å²) in [5.74, 6) is 0.812. The van der Waals surface area contributed by atoms with E-state index in [1.807, 2.05) is 49.4 Å². The van der Waals surface area contributed by atoms with Gasteiger partial charge in [0.05, 0.1) is 13.2 Å². The van der Waals surface area contributed by atoms with Gasteiger partial charge in [-0.1, -0.05) is 41.9 Å². The van der Waals surface area contributed by atoms with Gasteiger partial charge >= 0.3 is 0 Å². The van der Waals surface area contributed by atoms with Crippen molar-refractivity contribution in [1.82, 2.24) is 0 Å². The second-order valence-electron chi connectivity index (χ2n) is 4.55. The van der Waals surface area contributed by atoms with Crippen LogP contribution in [-0.4, -0.2) is 12.2 Å². The Labute approximate surface area is 118 Å². The van der Waals surface area contributed by atoms with Crippen molar-refractivity contribution in [3.05, 3.63) is 64.2 Å². The van der Waals surface area contributed by atoms with Crippen molar-refractivity contribution in [3.63, 3.8) is 0 Å². The smallest absolute Gasteiger partial charge is 0.118 e. The zero-order chi connectivity index (χ0) is 13.8. The van der Waals surface area contributed by atoms with E-state index in [0.29, 0.717) is 11.4 Å². The minimum absolute atomic E-state index is 0.535. The number of aryl methyl sites for hydroxylation is 1. The molecule has 0 saturated carbocycles. The summed E-state index contributed by atoms with van der Waals surface area (Å²) < 4.78 is 5.11. The molecule has 2 nitrogen and oxygen atoms in total. The zero-order valence-electron chi connectivity index (χ0n) is 11.1. The van der Waals surface area contributed by atoms with E-state index in [0.717, 1.165) is 22.4 Å². The normalized spacial score (nSPS) is 12.2. The van der Waals surface area contributed by atoms with E-state index in [2.05, 4.69) is 0 Å². The van der Waals surface area contributed by atoms with Crippen molar-refractivity contribution in [2.45, 2.75) is 19.4 Å². The van der Waals surface area contributed by atoms with Crippen LogP contribution in [0.15, 0.2) is 42.5 Å². The summed E-state index contributed by atoms with van der Waals surface area (Å²) in [6, 6.07) is 13.4. The first-order valence-corrected chi connectivity index (χ1v) is 6.55. The summed E-state index contributed by atoms with van der Waals surface area (Å²) in [5.41, 5.74) is 2.80. The third-order valence-electron chi connectivity index (χ3n) is 3.17. The summed E-state index contributed by atoms with van der Waals surface area (Å²) in [7, 11) is 1.64. The van der Waals surface area contributed by atoms with E-state index in [4.69, 9.17) is 16.3 Å². The first kappa shape index (κ1) is 13.9. The molecule has 0 spiro atoms. The van der Waals surface area contributed by atoms with Crippen LogP contribution >= 0.6 is 11.6 Å². The van der Waals surface area contributed by atoms with Crippen molar-refractivity contribution in [1.29, 1.82) is 0 Å². The van der Waals surface area contributed by atoms with E-state index in [1.54, 1.807) is 7.11 Å². The third-order valence-corrected chi connectivity index (χ3v) is 3.69. The second kappa shape index (κ2) is 6.09. The maximum Gasteiger partial charge on any atom is 0.118 e. The average molecular weight is 277 g/mol. The quantitative estimate of drug-likeness (QED) is 0.917. The fourth-order valence-electron chi connectivity index (χ4n) is 2.02. The lowest BCUT2D eigenvalue weighted by molar-refractivity contribution is 0.178. The molecular weight excluding hydrogens is 260 g/mol. The van der Waals surface area contributed by atoms with Crippen molar-refractivity contribution in [2.75, 3.05) is 7.11 Å². The van der Waals surface area contributed by atoms with Gasteiger partial charge in [0.25, 0.3) is 0 Å². The molecule has 1 N–H and O–H groups in total. The van der Waals surface area contributed by atoms with Crippen LogP contribution in [0.25, 0.3) is 0 Å². The molecule has 0 aliphatic heterocycles. The number of hydrogen-bond donors (Lipinski definition) is 1. The highest BCUT2D eigenvalue weighted by Crippen LogP contribution is 2.28. The molecule has 2 aromatic carbocycles. The van der Waals surface area contributed by atoms with Crippen molar-refractivity contribution >= 4 is 11.6 Å². The molecule has 19 heavy (non-hydrogen) atoms. The van der Waals surface area contributed by atoms with Gasteiger partial charge < -0.3 is 9.84 Å². The summed E-state index contributed by atoms with van der Waals surface area (Å²) in [6.45, 7) is 1.94. The lowest BCUT2D eigenvalue weighted by atomic mass is 10.00. The van der Waals surface area contributed by atoms with Gasteiger partial charge in [0, 0.05) is 11.4 Å². The van der Waals surface area contributed by atoms with Crippen LogP contribution in [0, 0.1) is 6.92 Å². The Kier molecular flexibility index (Phi) is 4.46. The molecular formula is C16H17ClO2. The van der Waals surface area contributed by atoms with E-state index in [9.17, 15) is 5.11 Å². The Morgan fingerprint density at radius 3 is 2.47 bits per heavy atom. The van der Waals surface area contributed by atoms with Crippen LogP contribution in [0.2, 0.25) is 5.02 Å². The lowest BCUT2D eigenvalue weighted by Gasteiger charge is -2.14. The third kappa shape index (κ3) is 3.28. The minimum Gasteiger partial charge on any atom is -0.497 e. The van der Waals surface area contributed by atoms with Gasteiger partial charge in [-0.15, -0.1) is 0 Å². The number of aliphatic hydroxyl groups is 1. The van der Waals surface area contributed by atoms with Gasteiger partial charge in [0.2, 0.25) is 0 Å². The molecule has 3 heteroatoms. The molecule has 1 atom stereocenters. The fourth-order valence-corrected chi connectivity index (χ4v) is 2.27. The number of halogens is 1. The monoisotopic (exact) mass is 276 g/mol. The van der Waals surface area contributed by atoms with Crippen LogP contribution in [-0.2, 0) is 6.42 Å². The maximum atomic E-state index is 10.3. The van der Waals surface area contributed by atoms with Crippen LogP contribution in [0.3, 0.4) is 0 Å². The molecule has 0 fully saturated rings. The molecule has 2 aromatic rings. The van der Waals surface area contributed by atoms with Crippen LogP contribution < -0.4 is 4.74 Å². The van der Waals surface area contributed by atoms with Gasteiger partial charge in [0.15, 0.2) is 0 Å². The maximum absolute atomic E-state index is 10.3. The lowest BCUT2D eigenvalue weighted by Crippen LogP contribution is -2.03. The van der Waals surface area contributed by atoms with Crippen LogP contribution in [0.4, 0.5) is 0 Å². The van der Waals surface area contributed by atoms with E-state index in [1.165, 1.54) is 0 Å². The number of methoxy groups -OCH3 is 1. The number of hydrogen-bond acceptors (Lipinski definition) is 2. The first-order valence-electron chi connectivity index (χ1n) is 6.18. The molecule has 0 bridgehead atoms. The van der Waals surface area contributed by atoms with E-state index < -0.39 is 6.10 Å². The summed E-state index contributed by atoms with van der Waals surface area (Å²) in [4.78, 5) is 0. The molecule has 0 aliphatic rings. The number of ether oxygens (including phenoxy) is 1. The Morgan fingerprint density at radius 1 is 1.16 bits per heavy atom. The van der Waals surface area contributed by atoms with Crippen molar-refractivity contribution in [2.24, 2.45) is 0 Å². The molecule has 2 rings (SSSR count). The summed E-state index contributed by atoms with van der Waals surface area (Å²) in [6.07, 6.45) is -0.0616. The predicted molar refractivity (Wildman–Crippen MR) is 77.8 cm³/mol. The van der Waals surface area contributed by atoms with Crippen LogP contribution in [0.5, 0.6) is 5.75 Å². The number of aliphatic hydroxyl groups excluding tert-OH is 1. The molecule has 0 aliphatic carbocycles. The fraction of sp³-hybridized carbons (Fsp3) is 0.250. The standard InChI is InChI=1S/C16H17ClO2/c1-11-4-3-5-14(16(11)17)15(18)10-12-6-8-13(19-2)9-7-12/h3-9,15,18H,10H2,1-2H3. The zero-order valence-corrected chi connectivity index (χ0v) is 11.8. The molecule has 0 aromatic heterocycles. The Balaban J connectivity index is 2.15. The molecule has 0 radical (unpaired) electrons. The number of rotatable bonds is 4. The Morgan fingerprint density at radius 2 is 1.84 bits per heavy atom. The Hall–Kier alpha value is -1.51. The predicted octanol–water partition coefficient (Wildman–Crippen LogP) is 3.93. The largest absolute Gasteiger partial charge is 0.497 e. The molecule has 0 amide bonds. The minimum atomic E-state index is -0.596. The molecule has 1 unspecified atom stereocenters. The van der Waals surface area contributed by atoms with Gasteiger partial charge in [-0.3, -0.25) is 0 Å². The Bertz CT molecular complexity index is 549. The highest BCUT2D eigenvalue weighted by molar-refractivity contribution is 6.32. The molecule has 0 saturated heterocycles.